The van der Waals surface area contributed by atoms with Crippen molar-refractivity contribution in [3.63, 3.8) is 0 Å². The molecule has 0 radical (unpaired) electrons. The molecule has 0 bridgehead atoms. The fourth-order valence-corrected chi connectivity index (χ4v) is 1.89. The number of amides is 2. The van der Waals surface area contributed by atoms with Gasteiger partial charge in [0.2, 0.25) is 0 Å². The summed E-state index contributed by atoms with van der Waals surface area (Å²) >= 11 is 9.82. The Balaban J connectivity index is 2.59. The third-order valence-electron chi connectivity index (χ3n) is 1.64. The van der Waals surface area contributed by atoms with Gasteiger partial charge in [-0.25, -0.2) is 4.79 Å². The molecule has 0 aliphatic carbocycles. The van der Waals surface area contributed by atoms with E-state index < -0.39 is 0 Å². The van der Waals surface area contributed by atoms with Crippen LogP contribution in [0.3, 0.4) is 0 Å². The molecular weight excluding hydrogens is 457 g/mol. The number of hydroxylamine groups is 2. The molecule has 1 N–H and O–H groups in total. The van der Waals surface area contributed by atoms with Crippen LogP contribution >= 0.6 is 56.8 Å². The molecule has 0 spiro atoms. The molecule has 0 saturated heterocycles. The quantitative estimate of drug-likeness (QED) is 0.317. The molecule has 0 saturated carbocycles. The zero-order valence-corrected chi connectivity index (χ0v) is 13.2. The lowest BCUT2D eigenvalue weighted by molar-refractivity contribution is -0.0672. The number of nitrogens with one attached hydrogen (secondary N) is 1. The molecule has 1 rings (SSSR count). The first-order valence-corrected chi connectivity index (χ1v) is 7.69. The van der Waals surface area contributed by atoms with E-state index in [1.165, 1.54) is 5.06 Å². The van der Waals surface area contributed by atoms with Crippen molar-refractivity contribution >= 4 is 68.5 Å². The highest BCUT2D eigenvalue weighted by molar-refractivity contribution is 14.1. The number of carbonyl (C=O) groups is 1. The van der Waals surface area contributed by atoms with Gasteiger partial charge in [-0.15, -0.1) is 0 Å². The number of benzene rings is 1. The number of halogens is 3. The topological polar surface area (TPSA) is 41.6 Å². The summed E-state index contributed by atoms with van der Waals surface area (Å²) in [7, 11) is 0. The van der Waals surface area contributed by atoms with E-state index in [9.17, 15) is 4.79 Å². The molecule has 0 atom stereocenters. The number of urea groups is 1. The van der Waals surface area contributed by atoms with Crippen LogP contribution in [0, 0.1) is 0 Å². The first-order valence-electron chi connectivity index (χ1n) is 4.26. The van der Waals surface area contributed by atoms with Crippen LogP contribution in [0.1, 0.15) is 0 Å². The average molecular weight is 466 g/mol. The second-order valence-electron chi connectivity index (χ2n) is 2.67. The summed E-state index contributed by atoms with van der Waals surface area (Å²) in [5.74, 6) is 0. The standard InChI is InChI=1S/C9H9ClI2N2O2/c10-7-1-3-8(4-2-7)13-9(15)14(5-11)16-6-12/h1-4H,5-6H2,(H,13,15). The molecule has 0 aliphatic heterocycles. The number of carbonyl (C=O) groups excluding carboxylic acids is 1. The first kappa shape index (κ1) is 14.3. The Kier molecular flexibility index (Phi) is 6.70. The second-order valence-corrected chi connectivity index (χ2v) is 4.41. The van der Waals surface area contributed by atoms with Gasteiger partial charge in [0.1, 0.15) is 9.17 Å². The summed E-state index contributed by atoms with van der Waals surface area (Å²) in [4.78, 5) is 16.8. The molecule has 1 aromatic rings. The monoisotopic (exact) mass is 466 g/mol. The number of alkyl halides is 2. The SMILES string of the molecule is O=C(Nc1ccc(Cl)cc1)N(CI)OCI. The number of hydrogen-bond donors (Lipinski definition) is 1. The van der Waals surface area contributed by atoms with Crippen LogP contribution in [0.4, 0.5) is 10.5 Å². The van der Waals surface area contributed by atoms with Gasteiger partial charge >= 0.3 is 6.03 Å². The minimum Gasteiger partial charge on any atom is -0.306 e. The molecule has 0 fully saturated rings. The van der Waals surface area contributed by atoms with Gasteiger partial charge in [0.25, 0.3) is 0 Å². The van der Waals surface area contributed by atoms with E-state index in [1.807, 2.05) is 22.6 Å². The summed E-state index contributed by atoms with van der Waals surface area (Å²) in [5.41, 5.74) is 0.682. The van der Waals surface area contributed by atoms with Crippen molar-refractivity contribution in [1.29, 1.82) is 0 Å². The van der Waals surface area contributed by atoms with Gasteiger partial charge in [-0.1, -0.05) is 56.8 Å². The number of hydrogen-bond acceptors (Lipinski definition) is 2. The van der Waals surface area contributed by atoms with E-state index in [1.54, 1.807) is 24.3 Å². The summed E-state index contributed by atoms with van der Waals surface area (Å²) in [5, 5.41) is 4.58. The molecule has 88 valence electrons. The maximum atomic E-state index is 11.7. The molecule has 16 heavy (non-hydrogen) atoms. The third kappa shape index (κ3) is 4.60. The van der Waals surface area contributed by atoms with Crippen molar-refractivity contribution in [2.45, 2.75) is 0 Å². The van der Waals surface area contributed by atoms with E-state index in [0.29, 0.717) is 19.9 Å². The second kappa shape index (κ2) is 7.51. The first-order chi connectivity index (χ1) is 7.67. The Morgan fingerprint density at radius 3 is 2.50 bits per heavy atom. The van der Waals surface area contributed by atoms with Crippen molar-refractivity contribution in [2.24, 2.45) is 0 Å². The molecule has 0 aliphatic rings. The Bertz CT molecular complexity index is 348. The summed E-state index contributed by atoms with van der Waals surface area (Å²) in [6.45, 7) is 0. The van der Waals surface area contributed by atoms with Crippen LogP contribution in [0.5, 0.6) is 0 Å². The van der Waals surface area contributed by atoms with E-state index in [2.05, 4.69) is 27.9 Å². The van der Waals surface area contributed by atoms with E-state index in [-0.39, 0.29) is 6.03 Å². The smallest absolute Gasteiger partial charge is 0.306 e. The summed E-state index contributed by atoms with van der Waals surface area (Å²) in [6.07, 6.45) is 0. The van der Waals surface area contributed by atoms with Crippen LogP contribution in [0.2, 0.25) is 5.02 Å². The maximum absolute atomic E-state index is 11.7. The van der Waals surface area contributed by atoms with Crippen molar-refractivity contribution in [3.8, 4) is 0 Å². The lowest BCUT2D eigenvalue weighted by Gasteiger charge is -2.18. The van der Waals surface area contributed by atoms with E-state index in [0.717, 1.165) is 0 Å². The van der Waals surface area contributed by atoms with Crippen LogP contribution in [0.25, 0.3) is 0 Å². The average Bonchev–Trinajstić information content (AvgIpc) is 2.29. The molecule has 0 unspecified atom stereocenters. The van der Waals surface area contributed by atoms with Crippen molar-refractivity contribution in [3.05, 3.63) is 29.3 Å². The predicted octanol–water partition coefficient (Wildman–Crippen LogP) is 3.89. The number of nitrogens with zero attached hydrogens (tertiary/aromatic N) is 1. The molecule has 0 aromatic heterocycles. The van der Waals surface area contributed by atoms with Crippen molar-refractivity contribution < 1.29 is 9.63 Å². The maximum Gasteiger partial charge on any atom is 0.346 e. The Hall–Kier alpha value is 0.200. The number of anilines is 1. The van der Waals surface area contributed by atoms with Crippen LogP contribution in [-0.4, -0.2) is 20.3 Å². The fraction of sp³-hybridized carbons (Fsp3) is 0.222. The lowest BCUT2D eigenvalue weighted by atomic mass is 10.3. The predicted molar refractivity (Wildman–Crippen MR) is 81.2 cm³/mol. The van der Waals surface area contributed by atoms with Gasteiger partial charge in [0, 0.05) is 10.7 Å². The van der Waals surface area contributed by atoms with Crippen LogP contribution in [0.15, 0.2) is 24.3 Å². The van der Waals surface area contributed by atoms with Gasteiger partial charge in [-0.2, -0.15) is 5.06 Å². The van der Waals surface area contributed by atoms with Crippen molar-refractivity contribution in [1.82, 2.24) is 5.06 Å². The highest BCUT2D eigenvalue weighted by atomic mass is 127. The van der Waals surface area contributed by atoms with Gasteiger partial charge in [0.15, 0.2) is 0 Å². The van der Waals surface area contributed by atoms with Gasteiger partial charge in [-0.3, -0.25) is 4.84 Å². The van der Waals surface area contributed by atoms with Crippen LogP contribution < -0.4 is 5.32 Å². The minimum atomic E-state index is -0.298. The fourth-order valence-electron chi connectivity index (χ4n) is 0.925. The van der Waals surface area contributed by atoms with E-state index in [4.69, 9.17) is 16.4 Å². The molecule has 1 aromatic carbocycles. The summed E-state index contributed by atoms with van der Waals surface area (Å²) < 4.78 is 0.884. The van der Waals surface area contributed by atoms with Gasteiger partial charge in [-0.05, 0) is 24.3 Å². The lowest BCUT2D eigenvalue weighted by Crippen LogP contribution is -2.33. The third-order valence-corrected chi connectivity index (χ3v) is 2.79. The highest BCUT2D eigenvalue weighted by Crippen LogP contribution is 2.14. The molecule has 0 heterocycles. The Morgan fingerprint density at radius 2 is 2.00 bits per heavy atom. The Morgan fingerprint density at radius 1 is 1.38 bits per heavy atom. The van der Waals surface area contributed by atoms with Gasteiger partial charge in [0.05, 0.1) is 0 Å². The van der Waals surface area contributed by atoms with Crippen LogP contribution in [-0.2, 0) is 4.84 Å². The van der Waals surface area contributed by atoms with E-state index >= 15 is 0 Å². The molecule has 4 nitrogen and oxygen atoms in total. The van der Waals surface area contributed by atoms with Gasteiger partial charge < -0.3 is 5.32 Å². The Labute approximate surface area is 126 Å². The van der Waals surface area contributed by atoms with Crippen molar-refractivity contribution in [2.75, 3.05) is 14.5 Å². The zero-order chi connectivity index (χ0) is 12.0. The summed E-state index contributed by atoms with van der Waals surface area (Å²) in [6, 6.07) is 6.59. The largest absolute Gasteiger partial charge is 0.346 e. The minimum absolute atomic E-state index is 0.298. The highest BCUT2D eigenvalue weighted by Gasteiger charge is 2.12. The molecule has 2 amide bonds. The normalized spacial score (nSPS) is 9.94. The molecular formula is C9H9ClI2N2O2. The number of rotatable bonds is 4. The molecule has 7 heteroatoms. The zero-order valence-electron chi connectivity index (χ0n) is 8.12.